The number of para-hydroxylation sites is 1. The molecular weight excluding hydrogens is 166 g/mol. The van der Waals surface area contributed by atoms with Gasteiger partial charge in [0.2, 0.25) is 0 Å². The summed E-state index contributed by atoms with van der Waals surface area (Å²) in [5.41, 5.74) is 2.13. The van der Waals surface area contributed by atoms with Gasteiger partial charge in [-0.05, 0) is 18.1 Å². The molecule has 1 aliphatic heterocycles. The van der Waals surface area contributed by atoms with Crippen LogP contribution in [0.5, 0.6) is 0 Å². The molecule has 0 bridgehead atoms. The smallest absolute Gasteiger partial charge is 0.129 e. The quantitative estimate of drug-likeness (QED) is 0.591. The summed E-state index contributed by atoms with van der Waals surface area (Å²) in [6.07, 6.45) is 0.112. The molecule has 3 heteroatoms. The highest BCUT2D eigenvalue weighted by atomic mass is 16.3. The Morgan fingerprint density at radius 2 is 2.15 bits per heavy atom. The summed E-state index contributed by atoms with van der Waals surface area (Å²) in [6, 6.07) is 7.84. The first-order valence-corrected chi connectivity index (χ1v) is 4.44. The Morgan fingerprint density at radius 1 is 1.38 bits per heavy atom. The second-order valence-electron chi connectivity index (χ2n) is 3.39. The summed E-state index contributed by atoms with van der Waals surface area (Å²) < 4.78 is 0. The lowest BCUT2D eigenvalue weighted by Gasteiger charge is -2.29. The van der Waals surface area contributed by atoms with Gasteiger partial charge in [0.25, 0.3) is 0 Å². The second kappa shape index (κ2) is 3.36. The van der Waals surface area contributed by atoms with Gasteiger partial charge in [0.05, 0.1) is 6.61 Å². The van der Waals surface area contributed by atoms with Crippen molar-refractivity contribution in [2.45, 2.75) is 12.6 Å². The fourth-order valence-electron chi connectivity index (χ4n) is 1.67. The van der Waals surface area contributed by atoms with Crippen LogP contribution in [0, 0.1) is 5.92 Å². The van der Waals surface area contributed by atoms with Crippen molar-refractivity contribution in [1.29, 1.82) is 0 Å². The van der Waals surface area contributed by atoms with Crippen LogP contribution in [-0.2, 0) is 6.42 Å². The molecule has 0 saturated carbocycles. The van der Waals surface area contributed by atoms with E-state index in [-0.39, 0.29) is 12.5 Å². The van der Waals surface area contributed by atoms with E-state index in [0.29, 0.717) is 0 Å². The molecular formula is C10H13NO2. The molecule has 3 N–H and O–H groups in total. The Bertz CT molecular complexity index is 301. The average molecular weight is 179 g/mol. The molecule has 3 nitrogen and oxygen atoms in total. The predicted molar refractivity (Wildman–Crippen MR) is 50.4 cm³/mol. The fourth-order valence-corrected chi connectivity index (χ4v) is 1.67. The number of anilines is 1. The van der Waals surface area contributed by atoms with Crippen molar-refractivity contribution in [2.75, 3.05) is 11.9 Å². The second-order valence-corrected chi connectivity index (χ2v) is 3.39. The van der Waals surface area contributed by atoms with Gasteiger partial charge < -0.3 is 15.5 Å². The van der Waals surface area contributed by atoms with Crippen LogP contribution >= 0.6 is 0 Å². The van der Waals surface area contributed by atoms with Crippen LogP contribution in [0.1, 0.15) is 5.56 Å². The molecule has 1 aromatic rings. The number of benzene rings is 1. The molecule has 0 aromatic heterocycles. The third-order valence-corrected chi connectivity index (χ3v) is 2.48. The van der Waals surface area contributed by atoms with Crippen LogP contribution in [0.2, 0.25) is 0 Å². The zero-order valence-electron chi connectivity index (χ0n) is 7.27. The minimum absolute atomic E-state index is 0.0164. The minimum Gasteiger partial charge on any atom is -0.396 e. The lowest BCUT2D eigenvalue weighted by Crippen LogP contribution is -2.36. The van der Waals surface area contributed by atoms with Crippen molar-refractivity contribution in [3.8, 4) is 0 Å². The Kier molecular flexibility index (Phi) is 2.20. The zero-order chi connectivity index (χ0) is 9.26. The van der Waals surface area contributed by atoms with E-state index >= 15 is 0 Å². The van der Waals surface area contributed by atoms with Gasteiger partial charge in [-0.15, -0.1) is 0 Å². The van der Waals surface area contributed by atoms with Crippen LogP contribution in [0.4, 0.5) is 5.69 Å². The highest BCUT2D eigenvalue weighted by Crippen LogP contribution is 2.26. The molecule has 0 fully saturated rings. The molecule has 0 amide bonds. The molecule has 0 spiro atoms. The van der Waals surface area contributed by atoms with Gasteiger partial charge in [-0.25, -0.2) is 0 Å². The molecule has 70 valence electrons. The van der Waals surface area contributed by atoms with E-state index in [4.69, 9.17) is 5.11 Å². The number of hydrogen-bond acceptors (Lipinski definition) is 3. The molecule has 1 aromatic carbocycles. The van der Waals surface area contributed by atoms with Gasteiger partial charge in [-0.1, -0.05) is 18.2 Å². The third-order valence-electron chi connectivity index (χ3n) is 2.48. The van der Waals surface area contributed by atoms with Gasteiger partial charge in [-0.2, -0.15) is 0 Å². The molecule has 1 unspecified atom stereocenters. The fraction of sp³-hybridized carbons (Fsp3) is 0.400. The Hall–Kier alpha value is -1.06. The molecule has 1 heterocycles. The van der Waals surface area contributed by atoms with Gasteiger partial charge >= 0.3 is 0 Å². The van der Waals surface area contributed by atoms with Gasteiger partial charge in [-0.3, -0.25) is 0 Å². The third kappa shape index (κ3) is 1.53. The Labute approximate surface area is 77.0 Å². The minimum atomic E-state index is -0.625. The van der Waals surface area contributed by atoms with E-state index in [1.165, 1.54) is 0 Å². The SMILES string of the molecule is OCC1Cc2ccccc2N[C@H]1O. The molecule has 1 aliphatic rings. The van der Waals surface area contributed by atoms with Gasteiger partial charge in [0.1, 0.15) is 6.23 Å². The van der Waals surface area contributed by atoms with Crippen molar-refractivity contribution in [1.82, 2.24) is 0 Å². The highest BCUT2D eigenvalue weighted by molar-refractivity contribution is 5.53. The maximum Gasteiger partial charge on any atom is 0.129 e. The van der Waals surface area contributed by atoms with Crippen LogP contribution in [0.3, 0.4) is 0 Å². The van der Waals surface area contributed by atoms with Crippen LogP contribution in [0.15, 0.2) is 24.3 Å². The van der Waals surface area contributed by atoms with Crippen LogP contribution in [0.25, 0.3) is 0 Å². The highest BCUT2D eigenvalue weighted by Gasteiger charge is 2.24. The zero-order valence-corrected chi connectivity index (χ0v) is 7.27. The van der Waals surface area contributed by atoms with E-state index in [1.807, 2.05) is 24.3 Å². The molecule has 0 saturated heterocycles. The summed E-state index contributed by atoms with van der Waals surface area (Å²) >= 11 is 0. The van der Waals surface area contributed by atoms with E-state index in [0.717, 1.165) is 17.7 Å². The standard InChI is InChI=1S/C10H13NO2/c12-6-8-5-7-3-1-2-4-9(7)11-10(8)13/h1-4,8,10-13H,5-6H2/t8?,10-/m0/s1. The number of nitrogens with one attached hydrogen (secondary N) is 1. The summed E-state index contributed by atoms with van der Waals surface area (Å²) in [7, 11) is 0. The lowest BCUT2D eigenvalue weighted by molar-refractivity contribution is 0.0829. The van der Waals surface area contributed by atoms with E-state index in [2.05, 4.69) is 5.32 Å². The lowest BCUT2D eigenvalue weighted by atomic mass is 9.93. The van der Waals surface area contributed by atoms with Crippen LogP contribution < -0.4 is 5.32 Å². The van der Waals surface area contributed by atoms with Gasteiger partial charge in [0, 0.05) is 11.6 Å². The summed E-state index contributed by atoms with van der Waals surface area (Å²) in [5.74, 6) is -0.0881. The first kappa shape index (κ1) is 8.53. The normalized spacial score (nSPS) is 26.3. The van der Waals surface area contributed by atoms with Crippen molar-refractivity contribution < 1.29 is 10.2 Å². The Balaban J connectivity index is 2.27. The molecule has 0 aliphatic carbocycles. The predicted octanol–water partition coefficient (Wildman–Crippen LogP) is 0.581. The number of aliphatic hydroxyl groups excluding tert-OH is 2. The first-order chi connectivity index (χ1) is 6.31. The monoisotopic (exact) mass is 179 g/mol. The maximum absolute atomic E-state index is 9.54. The van der Waals surface area contributed by atoms with Crippen molar-refractivity contribution >= 4 is 5.69 Å². The number of hydrogen-bond donors (Lipinski definition) is 3. The first-order valence-electron chi connectivity index (χ1n) is 4.44. The van der Waals surface area contributed by atoms with E-state index < -0.39 is 6.23 Å². The maximum atomic E-state index is 9.54. The summed E-state index contributed by atoms with van der Waals surface area (Å²) in [4.78, 5) is 0. The van der Waals surface area contributed by atoms with Crippen LogP contribution in [-0.4, -0.2) is 23.0 Å². The molecule has 13 heavy (non-hydrogen) atoms. The largest absolute Gasteiger partial charge is 0.396 e. The van der Waals surface area contributed by atoms with Crippen molar-refractivity contribution in [2.24, 2.45) is 5.92 Å². The molecule has 0 radical (unpaired) electrons. The summed E-state index contributed by atoms with van der Waals surface area (Å²) in [6.45, 7) is 0.0164. The van der Waals surface area contributed by atoms with Crippen molar-refractivity contribution in [3.05, 3.63) is 29.8 Å². The Morgan fingerprint density at radius 3 is 2.92 bits per heavy atom. The number of rotatable bonds is 1. The van der Waals surface area contributed by atoms with E-state index in [1.54, 1.807) is 0 Å². The molecule has 2 atom stereocenters. The molecule has 2 rings (SSSR count). The number of aliphatic hydroxyl groups is 2. The topological polar surface area (TPSA) is 52.5 Å². The van der Waals surface area contributed by atoms with E-state index in [9.17, 15) is 5.11 Å². The van der Waals surface area contributed by atoms with Gasteiger partial charge in [0.15, 0.2) is 0 Å². The average Bonchev–Trinajstić information content (AvgIpc) is 2.17. The number of fused-ring (bicyclic) bond motifs is 1. The van der Waals surface area contributed by atoms with Crippen molar-refractivity contribution in [3.63, 3.8) is 0 Å². The summed E-state index contributed by atoms with van der Waals surface area (Å²) in [5, 5.41) is 21.5.